The van der Waals surface area contributed by atoms with E-state index >= 15 is 0 Å². The molecule has 2 aliphatic rings. The van der Waals surface area contributed by atoms with Gasteiger partial charge in [-0.05, 0) is 48.0 Å². The quantitative estimate of drug-likeness (QED) is 0.0169. The maximum atomic E-state index is 13.1. The minimum atomic E-state index is -5.08. The SMILES string of the molecule is N=c1ccc2c(-c3cc(C(=O)NCCOCCOCCC(=O)O)ccc3C(=O)O)c3ccc(N)c(SOOO)c3oc-2c1S(=O)(=O)O. The van der Waals surface area contributed by atoms with E-state index in [2.05, 4.69) is 14.7 Å². The van der Waals surface area contributed by atoms with Crippen molar-refractivity contribution in [2.45, 2.75) is 16.2 Å². The molecule has 47 heavy (non-hydrogen) atoms. The van der Waals surface area contributed by atoms with Crippen molar-refractivity contribution in [3.05, 3.63) is 58.9 Å². The Bertz CT molecular complexity index is 1960. The molecule has 1 amide bonds. The topological polar surface area (TPSA) is 278 Å². The number of hydrogen-bond donors (Lipinski definition) is 7. The lowest BCUT2D eigenvalue weighted by Gasteiger charge is -2.20. The summed E-state index contributed by atoms with van der Waals surface area (Å²) in [5.74, 6) is -3.53. The van der Waals surface area contributed by atoms with Gasteiger partial charge < -0.3 is 35.2 Å². The molecule has 0 atom stereocenters. The molecule has 0 fully saturated rings. The fraction of sp³-hybridized carbons (Fsp3) is 0.214. The standard InChI is InChI=1S/C28H27N3O14S2/c29-19-5-3-16-22(17-4-6-20(30)26(47(38,39)40)24(17)43-23(16)25(19)46-45-44-37)18-13-14(1-2-15(18)28(35)36)27(34)31-8-10-42-12-11-41-9-7-21(32)33/h1-6,13,30,37H,7-12,29H2,(H,31,34)(H,32,33)(H,35,36)(H,38,39,40). The summed E-state index contributed by atoms with van der Waals surface area (Å²) in [7, 11) is -5.08. The van der Waals surface area contributed by atoms with Gasteiger partial charge in [-0.3, -0.25) is 19.6 Å². The van der Waals surface area contributed by atoms with Crippen LogP contribution in [0.1, 0.15) is 27.1 Å². The molecule has 1 heterocycles. The van der Waals surface area contributed by atoms with Gasteiger partial charge in [-0.25, -0.2) is 10.1 Å². The zero-order chi connectivity index (χ0) is 34.3. The van der Waals surface area contributed by atoms with Gasteiger partial charge in [0.25, 0.3) is 16.0 Å². The molecule has 17 nitrogen and oxygen atoms in total. The lowest BCUT2D eigenvalue weighted by Crippen LogP contribution is -2.27. The van der Waals surface area contributed by atoms with E-state index < -0.39 is 44.0 Å². The van der Waals surface area contributed by atoms with Crippen molar-refractivity contribution in [1.82, 2.24) is 5.32 Å². The number of carbonyl (C=O) groups excluding carboxylic acids is 1. The molecule has 0 aromatic heterocycles. The van der Waals surface area contributed by atoms with E-state index in [1.807, 2.05) is 0 Å². The number of carboxylic acid groups (broad SMARTS) is 2. The van der Waals surface area contributed by atoms with Crippen LogP contribution in [0.5, 0.6) is 0 Å². The average Bonchev–Trinajstić information content (AvgIpc) is 3.01. The van der Waals surface area contributed by atoms with Crippen molar-refractivity contribution in [2.75, 3.05) is 38.7 Å². The smallest absolute Gasteiger partial charge is 0.336 e. The zero-order valence-electron chi connectivity index (χ0n) is 24.0. The van der Waals surface area contributed by atoms with Crippen molar-refractivity contribution >= 4 is 56.7 Å². The number of nitrogen functional groups attached to an aromatic ring is 1. The van der Waals surface area contributed by atoms with Gasteiger partial charge in [0.1, 0.15) is 4.90 Å². The highest BCUT2D eigenvalue weighted by Gasteiger charge is 2.30. The predicted octanol–water partition coefficient (Wildman–Crippen LogP) is 2.88. The Morgan fingerprint density at radius 3 is 2.36 bits per heavy atom. The Morgan fingerprint density at radius 2 is 1.70 bits per heavy atom. The number of carboxylic acids is 2. The first-order chi connectivity index (χ1) is 22.3. The highest BCUT2D eigenvalue weighted by Crippen LogP contribution is 2.47. The van der Waals surface area contributed by atoms with Gasteiger partial charge in [0.2, 0.25) is 0 Å². The Kier molecular flexibility index (Phi) is 11.5. The van der Waals surface area contributed by atoms with Gasteiger partial charge in [0, 0.05) is 28.6 Å². The molecular formula is C28H27N3O14S2. The Hall–Kier alpha value is -4.60. The van der Waals surface area contributed by atoms with Crippen LogP contribution in [0, 0.1) is 5.41 Å². The zero-order valence-corrected chi connectivity index (χ0v) is 25.7. The monoisotopic (exact) mass is 693 g/mol. The molecule has 4 rings (SSSR count). The van der Waals surface area contributed by atoms with Crippen LogP contribution in [-0.2, 0) is 33.8 Å². The lowest BCUT2D eigenvalue weighted by molar-refractivity contribution is -0.432. The van der Waals surface area contributed by atoms with Crippen LogP contribution in [0.2, 0.25) is 0 Å². The minimum Gasteiger partial charge on any atom is -0.481 e. The molecule has 2 aromatic carbocycles. The first-order valence-corrected chi connectivity index (χ1v) is 15.5. The molecule has 0 saturated carbocycles. The average molecular weight is 694 g/mol. The third-order valence-corrected chi connectivity index (χ3v) is 8.19. The molecule has 19 heteroatoms. The molecule has 1 aliphatic carbocycles. The predicted molar refractivity (Wildman–Crippen MR) is 162 cm³/mol. The normalized spacial score (nSPS) is 11.6. The van der Waals surface area contributed by atoms with Gasteiger partial charge in [0.15, 0.2) is 16.2 Å². The maximum absolute atomic E-state index is 13.1. The molecule has 0 spiro atoms. The summed E-state index contributed by atoms with van der Waals surface area (Å²) in [5, 5.41) is 41.4. The first-order valence-electron chi connectivity index (χ1n) is 13.4. The molecule has 250 valence electrons. The Balaban J connectivity index is 1.79. The van der Waals surface area contributed by atoms with Crippen molar-refractivity contribution in [3.8, 4) is 22.5 Å². The summed E-state index contributed by atoms with van der Waals surface area (Å²) in [4.78, 5) is 35.1. The number of nitrogens with one attached hydrogen (secondary N) is 2. The van der Waals surface area contributed by atoms with Gasteiger partial charge in [-0.2, -0.15) is 8.42 Å². The van der Waals surface area contributed by atoms with E-state index in [1.165, 1.54) is 36.4 Å². The number of hydrogen-bond acceptors (Lipinski definition) is 14. The van der Waals surface area contributed by atoms with Crippen LogP contribution in [0.4, 0.5) is 5.69 Å². The van der Waals surface area contributed by atoms with Crippen molar-refractivity contribution in [3.63, 3.8) is 0 Å². The Labute approximate surface area is 269 Å². The molecule has 0 saturated heterocycles. The third-order valence-electron chi connectivity index (χ3n) is 6.55. The number of carbonyl (C=O) groups is 3. The summed E-state index contributed by atoms with van der Waals surface area (Å²) in [6.07, 6.45) is -0.143. The van der Waals surface area contributed by atoms with E-state index in [-0.39, 0.29) is 88.8 Å². The number of benzene rings is 3. The van der Waals surface area contributed by atoms with Crippen molar-refractivity contribution < 1.29 is 66.1 Å². The number of amides is 1. The lowest BCUT2D eigenvalue weighted by atomic mass is 9.89. The second-order valence-electron chi connectivity index (χ2n) is 9.55. The summed E-state index contributed by atoms with van der Waals surface area (Å²) < 4.78 is 55.7. The van der Waals surface area contributed by atoms with Crippen LogP contribution >= 0.6 is 12.0 Å². The molecule has 0 radical (unpaired) electrons. The summed E-state index contributed by atoms with van der Waals surface area (Å²) in [5.41, 5.74) is 5.53. The molecular weight excluding hydrogens is 666 g/mol. The van der Waals surface area contributed by atoms with E-state index in [0.29, 0.717) is 12.0 Å². The van der Waals surface area contributed by atoms with E-state index in [0.717, 1.165) is 6.07 Å². The largest absolute Gasteiger partial charge is 0.481 e. The van der Waals surface area contributed by atoms with Crippen LogP contribution in [0.3, 0.4) is 0 Å². The fourth-order valence-corrected chi connectivity index (χ4v) is 5.79. The number of aromatic carboxylic acids is 1. The summed E-state index contributed by atoms with van der Waals surface area (Å²) in [6, 6.07) is 8.92. The highest BCUT2D eigenvalue weighted by atomic mass is 32.2. The second kappa shape index (κ2) is 15.3. The second-order valence-corrected chi connectivity index (χ2v) is 11.6. The van der Waals surface area contributed by atoms with Gasteiger partial charge in [0.05, 0.1) is 61.5 Å². The summed E-state index contributed by atoms with van der Waals surface area (Å²) in [6.45, 7) is 0.469. The number of nitrogens with two attached hydrogens (primary N) is 1. The van der Waals surface area contributed by atoms with E-state index in [9.17, 15) is 32.5 Å². The van der Waals surface area contributed by atoms with Crippen LogP contribution in [-0.4, -0.2) is 79.3 Å². The first kappa shape index (κ1) is 35.3. The molecule has 2 aromatic rings. The summed E-state index contributed by atoms with van der Waals surface area (Å²) >= 11 is 0.371. The Morgan fingerprint density at radius 1 is 0.979 bits per heavy atom. The van der Waals surface area contributed by atoms with Gasteiger partial charge in [-0.15, -0.1) is 4.33 Å². The molecule has 0 bridgehead atoms. The number of ether oxygens (including phenoxy) is 2. The van der Waals surface area contributed by atoms with E-state index in [1.54, 1.807) is 0 Å². The van der Waals surface area contributed by atoms with Crippen LogP contribution in [0.25, 0.3) is 33.4 Å². The van der Waals surface area contributed by atoms with Gasteiger partial charge in [-0.1, -0.05) is 5.04 Å². The number of aliphatic carboxylic acids is 1. The van der Waals surface area contributed by atoms with Crippen molar-refractivity contribution in [2.24, 2.45) is 0 Å². The van der Waals surface area contributed by atoms with Gasteiger partial charge >= 0.3 is 11.9 Å². The molecule has 8 N–H and O–H groups in total. The van der Waals surface area contributed by atoms with Crippen LogP contribution < -0.4 is 16.4 Å². The fourth-order valence-electron chi connectivity index (χ4n) is 4.56. The molecule has 0 unspecified atom stereocenters. The van der Waals surface area contributed by atoms with Crippen molar-refractivity contribution in [1.29, 1.82) is 5.41 Å². The third kappa shape index (κ3) is 8.22. The molecule has 1 aliphatic heterocycles. The van der Waals surface area contributed by atoms with Crippen LogP contribution in [0.15, 0.2) is 56.7 Å². The number of fused-ring (bicyclic) bond motifs is 2. The maximum Gasteiger partial charge on any atom is 0.336 e. The highest BCUT2D eigenvalue weighted by molar-refractivity contribution is 7.95. The minimum absolute atomic E-state index is 0.00432. The number of rotatable bonds is 16. The van der Waals surface area contributed by atoms with E-state index in [4.69, 9.17) is 35.4 Å². The number of anilines is 1.